The number of phenolic OH excluding ortho intramolecular Hbond substituents is 1. The molecular formula is C31H33Br4N3O6. The number of rotatable bonds is 15. The van der Waals surface area contributed by atoms with Gasteiger partial charge in [0.25, 0.3) is 0 Å². The number of nitrogens with one attached hydrogen (secondary N) is 3. The maximum Gasteiger partial charge on any atom is 0.242 e. The molecule has 0 aliphatic carbocycles. The molecule has 0 aromatic heterocycles. The Labute approximate surface area is 290 Å². The minimum Gasteiger partial charge on any atom is -0.506 e. The normalized spacial score (nSPS) is 11.4. The quantitative estimate of drug-likeness (QED) is 0.139. The first-order chi connectivity index (χ1) is 21.0. The molecular weight excluding hydrogens is 830 g/mol. The van der Waals surface area contributed by atoms with E-state index in [1.807, 2.05) is 24.3 Å². The molecule has 0 heterocycles. The summed E-state index contributed by atoms with van der Waals surface area (Å²) >= 11 is 13.7. The van der Waals surface area contributed by atoms with Gasteiger partial charge in [-0.3, -0.25) is 14.4 Å². The van der Waals surface area contributed by atoms with Crippen molar-refractivity contribution in [3.05, 3.63) is 83.1 Å². The van der Waals surface area contributed by atoms with E-state index in [2.05, 4.69) is 79.7 Å². The Morgan fingerprint density at radius 1 is 0.841 bits per heavy atom. The second kappa shape index (κ2) is 17.8. The van der Waals surface area contributed by atoms with E-state index in [0.29, 0.717) is 53.0 Å². The number of aromatic hydroxyl groups is 1. The average molecular weight is 863 g/mol. The number of carbonyl (C=O) groups excluding carboxylic acids is 3. The second-order valence-electron chi connectivity index (χ2n) is 9.87. The van der Waals surface area contributed by atoms with Crippen molar-refractivity contribution in [3.8, 4) is 17.2 Å². The Kier molecular flexibility index (Phi) is 14.5. The lowest BCUT2D eigenvalue weighted by atomic mass is 10.0. The number of hydrogen-bond acceptors (Lipinski definition) is 6. The Bertz CT molecular complexity index is 1420. The van der Waals surface area contributed by atoms with Crippen LogP contribution in [0.5, 0.6) is 17.2 Å². The highest BCUT2D eigenvalue weighted by Gasteiger charge is 2.22. The van der Waals surface area contributed by atoms with Gasteiger partial charge in [0.1, 0.15) is 23.3 Å². The van der Waals surface area contributed by atoms with Gasteiger partial charge in [0.05, 0.1) is 38.0 Å². The number of halogens is 4. The first-order valence-corrected chi connectivity index (χ1v) is 16.9. The maximum atomic E-state index is 13.4. The Morgan fingerprint density at radius 2 is 1.45 bits per heavy atom. The van der Waals surface area contributed by atoms with Crippen LogP contribution >= 0.6 is 63.7 Å². The third-order valence-corrected chi connectivity index (χ3v) is 8.78. The molecule has 0 saturated carbocycles. The molecule has 0 bridgehead atoms. The first-order valence-electron chi connectivity index (χ1n) is 13.7. The molecule has 9 nitrogen and oxygen atoms in total. The Hall–Kier alpha value is -2.61. The molecule has 0 aliphatic rings. The van der Waals surface area contributed by atoms with Crippen LogP contribution in [0.3, 0.4) is 0 Å². The van der Waals surface area contributed by atoms with Gasteiger partial charge in [-0.25, -0.2) is 0 Å². The molecule has 3 aromatic carbocycles. The largest absolute Gasteiger partial charge is 0.506 e. The number of phenols is 1. The maximum absolute atomic E-state index is 13.4. The zero-order valence-electron chi connectivity index (χ0n) is 24.1. The van der Waals surface area contributed by atoms with Gasteiger partial charge in [-0.05, 0) is 130 Å². The molecule has 236 valence electrons. The van der Waals surface area contributed by atoms with Crippen LogP contribution in [-0.4, -0.2) is 55.7 Å². The summed E-state index contributed by atoms with van der Waals surface area (Å²) < 4.78 is 13.6. The van der Waals surface area contributed by atoms with E-state index >= 15 is 0 Å². The van der Waals surface area contributed by atoms with E-state index < -0.39 is 6.04 Å². The van der Waals surface area contributed by atoms with Gasteiger partial charge in [-0.2, -0.15) is 0 Å². The van der Waals surface area contributed by atoms with Gasteiger partial charge in [0.15, 0.2) is 0 Å². The molecule has 1 atom stereocenters. The van der Waals surface area contributed by atoms with Gasteiger partial charge < -0.3 is 30.5 Å². The van der Waals surface area contributed by atoms with Crippen LogP contribution < -0.4 is 25.4 Å². The second-order valence-corrected chi connectivity index (χ2v) is 13.3. The van der Waals surface area contributed by atoms with Gasteiger partial charge in [-0.15, -0.1) is 0 Å². The fraction of sp³-hybridized carbons (Fsp3) is 0.323. The first kappa shape index (κ1) is 35.9. The number of benzene rings is 3. The molecule has 0 radical (unpaired) electrons. The van der Waals surface area contributed by atoms with E-state index in [1.54, 1.807) is 31.4 Å². The molecule has 44 heavy (non-hydrogen) atoms. The summed E-state index contributed by atoms with van der Waals surface area (Å²) in [6.45, 7) is 2.80. The number of ether oxygens (including phenoxy) is 2. The molecule has 0 aliphatic heterocycles. The van der Waals surface area contributed by atoms with Gasteiger partial charge >= 0.3 is 0 Å². The fourth-order valence-electron chi connectivity index (χ4n) is 4.25. The van der Waals surface area contributed by atoms with E-state index in [4.69, 9.17) is 9.47 Å². The van der Waals surface area contributed by atoms with E-state index in [0.717, 1.165) is 25.6 Å². The zero-order chi connectivity index (χ0) is 32.2. The fourth-order valence-corrected chi connectivity index (χ4v) is 7.13. The van der Waals surface area contributed by atoms with Crippen molar-refractivity contribution in [2.45, 2.75) is 38.6 Å². The third-order valence-electron chi connectivity index (χ3n) is 6.40. The molecule has 0 fully saturated rings. The van der Waals surface area contributed by atoms with Crippen LogP contribution in [0, 0.1) is 0 Å². The standard InChI is InChI=1S/C31H33Br4N3O6/c1-18(39)36-9-3-11-44-22-6-4-19(5-7-22)17-28(40)38-27(16-21-14-25(34)30(43-2)26(35)15-21)31(42)37-10-8-20-12-23(32)29(41)24(33)13-20/h4-7,12-15,27,41H,3,8-11,16-17H2,1-2H3,(H,36,39)(H,37,42)(H,38,40)/t27-/m0/s1. The number of hydrogen-bond donors (Lipinski definition) is 4. The van der Waals surface area contributed by atoms with Gasteiger partial charge in [0, 0.05) is 26.4 Å². The van der Waals surface area contributed by atoms with Gasteiger partial charge in [-0.1, -0.05) is 12.1 Å². The minimum atomic E-state index is -0.834. The van der Waals surface area contributed by atoms with Crippen LogP contribution in [0.1, 0.15) is 30.0 Å². The highest BCUT2D eigenvalue weighted by Crippen LogP contribution is 2.35. The summed E-state index contributed by atoms with van der Waals surface area (Å²) in [5.41, 5.74) is 2.49. The summed E-state index contributed by atoms with van der Waals surface area (Å²) in [4.78, 5) is 37.4. The van der Waals surface area contributed by atoms with E-state index in [-0.39, 0.29) is 36.3 Å². The molecule has 0 unspecified atom stereocenters. The number of amides is 3. The predicted octanol–water partition coefficient (Wildman–Crippen LogP) is 5.98. The van der Waals surface area contributed by atoms with Crippen molar-refractivity contribution in [1.82, 2.24) is 16.0 Å². The molecule has 0 spiro atoms. The Morgan fingerprint density at radius 3 is 2.05 bits per heavy atom. The highest BCUT2D eigenvalue weighted by atomic mass is 79.9. The predicted molar refractivity (Wildman–Crippen MR) is 183 cm³/mol. The van der Waals surface area contributed by atoms with Crippen molar-refractivity contribution >= 4 is 81.4 Å². The lowest BCUT2D eigenvalue weighted by Crippen LogP contribution is -2.48. The highest BCUT2D eigenvalue weighted by molar-refractivity contribution is 9.11. The molecule has 0 saturated heterocycles. The lowest BCUT2D eigenvalue weighted by Gasteiger charge is -2.20. The smallest absolute Gasteiger partial charge is 0.242 e. The molecule has 13 heteroatoms. The van der Waals surface area contributed by atoms with E-state index in [9.17, 15) is 19.5 Å². The number of carbonyl (C=O) groups is 3. The van der Waals surface area contributed by atoms with Crippen LogP contribution in [0.25, 0.3) is 0 Å². The average Bonchev–Trinajstić information content (AvgIpc) is 2.96. The summed E-state index contributed by atoms with van der Waals surface area (Å²) in [5.74, 6) is 0.711. The van der Waals surface area contributed by atoms with Crippen molar-refractivity contribution in [2.75, 3.05) is 26.8 Å². The van der Waals surface area contributed by atoms with Crippen molar-refractivity contribution < 1.29 is 29.0 Å². The topological polar surface area (TPSA) is 126 Å². The van der Waals surface area contributed by atoms with Crippen molar-refractivity contribution in [2.24, 2.45) is 0 Å². The summed E-state index contributed by atoms with van der Waals surface area (Å²) in [6.07, 6.45) is 1.53. The molecule has 3 rings (SSSR count). The van der Waals surface area contributed by atoms with Crippen LogP contribution in [0.2, 0.25) is 0 Å². The van der Waals surface area contributed by atoms with Gasteiger partial charge in [0.2, 0.25) is 17.7 Å². The minimum absolute atomic E-state index is 0.0760. The third kappa shape index (κ3) is 11.4. The van der Waals surface area contributed by atoms with E-state index in [1.165, 1.54) is 6.92 Å². The summed E-state index contributed by atoms with van der Waals surface area (Å²) in [7, 11) is 1.57. The van der Waals surface area contributed by atoms with Crippen molar-refractivity contribution in [1.29, 1.82) is 0 Å². The molecule has 4 N–H and O–H groups in total. The molecule has 3 amide bonds. The Balaban J connectivity index is 1.64. The zero-order valence-corrected chi connectivity index (χ0v) is 30.5. The SMILES string of the molecule is COc1c(Br)cc(C[C@H](NC(=O)Cc2ccc(OCCCNC(C)=O)cc2)C(=O)NCCc2cc(Br)c(O)c(Br)c2)cc1Br. The summed E-state index contributed by atoms with van der Waals surface area (Å²) in [6, 6.07) is 13.7. The monoisotopic (exact) mass is 859 g/mol. The van der Waals surface area contributed by atoms with Crippen molar-refractivity contribution in [3.63, 3.8) is 0 Å². The van der Waals surface area contributed by atoms with Crippen LogP contribution in [0.15, 0.2) is 66.4 Å². The number of methoxy groups -OCH3 is 1. The molecule has 3 aromatic rings. The lowest BCUT2D eigenvalue weighted by molar-refractivity contribution is -0.128. The van der Waals surface area contributed by atoms with Crippen LogP contribution in [0.4, 0.5) is 0 Å². The van der Waals surface area contributed by atoms with Crippen LogP contribution in [-0.2, 0) is 33.6 Å². The summed E-state index contributed by atoms with van der Waals surface area (Å²) in [5, 5.41) is 18.5.